The van der Waals surface area contributed by atoms with Crippen LogP contribution in [0.2, 0.25) is 0 Å². The third-order valence-corrected chi connectivity index (χ3v) is 3.56. The summed E-state index contributed by atoms with van der Waals surface area (Å²) in [6.45, 7) is 4.11. The molecule has 0 atom stereocenters. The maximum Gasteiger partial charge on any atom is 0.321 e. The molecule has 2 rings (SSSR count). The fourth-order valence-corrected chi connectivity index (χ4v) is 2.10. The predicted molar refractivity (Wildman–Crippen MR) is 94.8 cm³/mol. The van der Waals surface area contributed by atoms with Gasteiger partial charge in [-0.15, -0.1) is 0 Å². The van der Waals surface area contributed by atoms with Crippen LogP contribution < -0.4 is 10.6 Å². The van der Waals surface area contributed by atoms with E-state index >= 15 is 0 Å². The molecule has 0 unspecified atom stereocenters. The number of pyridine rings is 1. The molecule has 0 bridgehead atoms. The van der Waals surface area contributed by atoms with Crippen LogP contribution in [0.4, 0.5) is 16.2 Å². The molecular weight excluding hydrogens is 304 g/mol. The second-order valence-corrected chi connectivity index (χ2v) is 5.54. The Bertz CT molecular complexity index is 716. The summed E-state index contributed by atoms with van der Waals surface area (Å²) in [5.41, 5.74) is 3.07. The van der Waals surface area contributed by atoms with Crippen molar-refractivity contribution in [2.45, 2.75) is 26.8 Å². The lowest BCUT2D eigenvalue weighted by Crippen LogP contribution is -2.31. The van der Waals surface area contributed by atoms with Crippen molar-refractivity contribution in [3.05, 3.63) is 53.9 Å². The Labute approximate surface area is 141 Å². The van der Waals surface area contributed by atoms with Crippen LogP contribution in [0.15, 0.2) is 42.6 Å². The molecule has 0 aliphatic carbocycles. The van der Waals surface area contributed by atoms with Crippen molar-refractivity contribution >= 4 is 23.3 Å². The maximum absolute atomic E-state index is 12.4. The Morgan fingerprint density at radius 2 is 1.96 bits per heavy atom. The van der Waals surface area contributed by atoms with E-state index in [1.165, 1.54) is 0 Å². The number of anilines is 2. The lowest BCUT2D eigenvalue weighted by molar-refractivity contribution is -0.115. The molecular formula is C18H22N4O2. The lowest BCUT2D eigenvalue weighted by Gasteiger charge is -2.19. The van der Waals surface area contributed by atoms with Gasteiger partial charge in [0, 0.05) is 31.0 Å². The highest BCUT2D eigenvalue weighted by Gasteiger charge is 2.12. The molecule has 0 aliphatic heterocycles. The Kier molecular flexibility index (Phi) is 5.89. The Morgan fingerprint density at radius 3 is 2.62 bits per heavy atom. The minimum atomic E-state index is -0.234. The summed E-state index contributed by atoms with van der Waals surface area (Å²) in [5.74, 6) is -0.0663. The van der Waals surface area contributed by atoms with Gasteiger partial charge in [-0.05, 0) is 36.8 Å². The topological polar surface area (TPSA) is 74.3 Å². The van der Waals surface area contributed by atoms with Crippen molar-refractivity contribution in [3.8, 4) is 0 Å². The van der Waals surface area contributed by atoms with Gasteiger partial charge in [-0.3, -0.25) is 9.78 Å². The van der Waals surface area contributed by atoms with E-state index in [1.807, 2.05) is 37.3 Å². The van der Waals surface area contributed by atoms with E-state index in [1.54, 1.807) is 31.1 Å². The molecule has 2 aromatic rings. The van der Waals surface area contributed by atoms with Crippen LogP contribution in [0.25, 0.3) is 0 Å². The number of nitrogens with one attached hydrogen (secondary N) is 2. The van der Waals surface area contributed by atoms with Crippen LogP contribution in [0, 0.1) is 6.92 Å². The van der Waals surface area contributed by atoms with E-state index < -0.39 is 0 Å². The first-order chi connectivity index (χ1) is 11.5. The van der Waals surface area contributed by atoms with Gasteiger partial charge >= 0.3 is 6.03 Å². The summed E-state index contributed by atoms with van der Waals surface area (Å²) >= 11 is 0. The van der Waals surface area contributed by atoms with Gasteiger partial charge in [0.25, 0.3) is 0 Å². The maximum atomic E-state index is 12.4. The van der Waals surface area contributed by atoms with Gasteiger partial charge in [-0.25, -0.2) is 4.79 Å². The van der Waals surface area contributed by atoms with Crippen molar-refractivity contribution in [3.63, 3.8) is 0 Å². The first kappa shape index (κ1) is 17.5. The number of aromatic nitrogens is 1. The van der Waals surface area contributed by atoms with Crippen LogP contribution >= 0.6 is 0 Å². The molecule has 0 fully saturated rings. The largest absolute Gasteiger partial charge is 0.326 e. The molecule has 1 aromatic carbocycles. The van der Waals surface area contributed by atoms with Gasteiger partial charge in [0.15, 0.2) is 0 Å². The average molecular weight is 326 g/mol. The lowest BCUT2D eigenvalue weighted by atomic mass is 10.1. The Morgan fingerprint density at radius 1 is 1.17 bits per heavy atom. The highest BCUT2D eigenvalue weighted by atomic mass is 16.2. The summed E-state index contributed by atoms with van der Waals surface area (Å²) in [6.07, 6.45) is 2.10. The van der Waals surface area contributed by atoms with Gasteiger partial charge < -0.3 is 15.5 Å². The van der Waals surface area contributed by atoms with E-state index in [2.05, 4.69) is 15.6 Å². The number of hydrogen-bond acceptors (Lipinski definition) is 3. The third-order valence-electron chi connectivity index (χ3n) is 3.56. The van der Waals surface area contributed by atoms with Gasteiger partial charge in [0.1, 0.15) is 0 Å². The molecule has 0 saturated heterocycles. The standard InChI is InChI=1S/C18H22N4O2/c1-4-17(23)20-14-9-8-13(2)16(11-14)21-18(24)22(3)12-15-7-5-6-10-19-15/h5-11H,4,12H2,1-3H3,(H,20,23)(H,21,24). The fraction of sp³-hybridized carbons (Fsp3) is 0.278. The molecule has 6 heteroatoms. The molecule has 2 N–H and O–H groups in total. The van der Waals surface area contributed by atoms with Gasteiger partial charge in [0.05, 0.1) is 12.2 Å². The number of carbonyl (C=O) groups excluding carboxylic acids is 2. The number of hydrogen-bond donors (Lipinski definition) is 2. The van der Waals surface area contributed by atoms with E-state index in [0.29, 0.717) is 24.3 Å². The summed E-state index contributed by atoms with van der Waals surface area (Å²) in [4.78, 5) is 29.6. The summed E-state index contributed by atoms with van der Waals surface area (Å²) in [5, 5.41) is 5.66. The van der Waals surface area contributed by atoms with Crippen molar-refractivity contribution in [2.75, 3.05) is 17.7 Å². The normalized spacial score (nSPS) is 10.1. The zero-order chi connectivity index (χ0) is 17.5. The first-order valence-electron chi connectivity index (χ1n) is 7.82. The van der Waals surface area contributed by atoms with Crippen molar-refractivity contribution in [1.29, 1.82) is 0 Å². The van der Waals surface area contributed by atoms with Crippen molar-refractivity contribution in [1.82, 2.24) is 9.88 Å². The van der Waals surface area contributed by atoms with Crippen LogP contribution in [0.1, 0.15) is 24.6 Å². The van der Waals surface area contributed by atoms with Crippen LogP contribution in [-0.2, 0) is 11.3 Å². The number of carbonyl (C=O) groups is 2. The quantitative estimate of drug-likeness (QED) is 0.884. The van der Waals surface area contributed by atoms with Crippen LogP contribution in [0.5, 0.6) is 0 Å². The molecule has 0 saturated carbocycles. The van der Waals surface area contributed by atoms with Gasteiger partial charge in [-0.2, -0.15) is 0 Å². The van der Waals surface area contributed by atoms with Crippen LogP contribution in [0.3, 0.4) is 0 Å². The van der Waals surface area contributed by atoms with Gasteiger partial charge in [-0.1, -0.05) is 19.1 Å². The van der Waals surface area contributed by atoms with E-state index in [0.717, 1.165) is 11.3 Å². The molecule has 6 nitrogen and oxygen atoms in total. The average Bonchev–Trinajstić information content (AvgIpc) is 2.58. The number of urea groups is 1. The first-order valence-corrected chi connectivity index (χ1v) is 7.82. The molecule has 0 radical (unpaired) electrons. The Balaban J connectivity index is 2.04. The smallest absolute Gasteiger partial charge is 0.321 e. The summed E-state index contributed by atoms with van der Waals surface area (Å²) in [6, 6.07) is 10.8. The van der Waals surface area contributed by atoms with E-state index in [9.17, 15) is 9.59 Å². The minimum absolute atomic E-state index is 0.0663. The van der Waals surface area contributed by atoms with Crippen molar-refractivity contribution in [2.24, 2.45) is 0 Å². The SMILES string of the molecule is CCC(=O)Nc1ccc(C)c(NC(=O)N(C)Cc2ccccn2)c1. The number of benzene rings is 1. The number of aryl methyl sites for hydroxylation is 1. The number of nitrogens with zero attached hydrogens (tertiary/aromatic N) is 2. The summed E-state index contributed by atoms with van der Waals surface area (Å²) in [7, 11) is 1.71. The molecule has 1 heterocycles. The molecule has 126 valence electrons. The van der Waals surface area contributed by atoms with E-state index in [4.69, 9.17) is 0 Å². The molecule has 0 spiro atoms. The van der Waals surface area contributed by atoms with Crippen LogP contribution in [-0.4, -0.2) is 28.9 Å². The molecule has 3 amide bonds. The second kappa shape index (κ2) is 8.10. The summed E-state index contributed by atoms with van der Waals surface area (Å²) < 4.78 is 0. The predicted octanol–water partition coefficient (Wildman–Crippen LogP) is 3.40. The fourth-order valence-electron chi connectivity index (χ4n) is 2.10. The zero-order valence-corrected chi connectivity index (χ0v) is 14.2. The second-order valence-electron chi connectivity index (χ2n) is 5.54. The van der Waals surface area contributed by atoms with Gasteiger partial charge in [0.2, 0.25) is 5.91 Å². The molecule has 24 heavy (non-hydrogen) atoms. The van der Waals surface area contributed by atoms with Crippen molar-refractivity contribution < 1.29 is 9.59 Å². The highest BCUT2D eigenvalue weighted by molar-refractivity contribution is 5.94. The molecule has 0 aliphatic rings. The molecule has 1 aromatic heterocycles. The third kappa shape index (κ3) is 4.81. The highest BCUT2D eigenvalue weighted by Crippen LogP contribution is 2.21. The minimum Gasteiger partial charge on any atom is -0.326 e. The van der Waals surface area contributed by atoms with E-state index in [-0.39, 0.29) is 11.9 Å². The zero-order valence-electron chi connectivity index (χ0n) is 14.2. The monoisotopic (exact) mass is 326 g/mol. The number of amides is 3. The Hall–Kier alpha value is -2.89. The number of rotatable bonds is 5.